The van der Waals surface area contributed by atoms with Gasteiger partial charge in [0, 0.05) is 24.6 Å². The molecule has 1 amide bonds. The second-order valence-electron chi connectivity index (χ2n) is 10.6. The summed E-state index contributed by atoms with van der Waals surface area (Å²) < 4.78 is 50.8. The van der Waals surface area contributed by atoms with Gasteiger partial charge in [-0.25, -0.2) is 24.1 Å². The van der Waals surface area contributed by atoms with Crippen LogP contribution >= 0.6 is 15.6 Å². The van der Waals surface area contributed by atoms with Crippen molar-refractivity contribution in [1.29, 1.82) is 0 Å². The zero-order chi connectivity index (χ0) is 35.4. The molecule has 3 aliphatic heterocycles. The van der Waals surface area contributed by atoms with Crippen LogP contribution in [0.15, 0.2) is 36.7 Å². The molecule has 5 rings (SSSR count). The van der Waals surface area contributed by atoms with E-state index in [-0.39, 0.29) is 29.0 Å². The van der Waals surface area contributed by atoms with Gasteiger partial charge in [-0.3, -0.25) is 18.4 Å². The molecule has 10 atom stereocenters. The fourth-order valence-corrected chi connectivity index (χ4v) is 6.77. The van der Waals surface area contributed by atoms with Gasteiger partial charge in [0.1, 0.15) is 48.5 Å². The zero-order valence-corrected chi connectivity index (χ0v) is 27.0. The molecule has 2 aromatic rings. The topological polar surface area (TPSA) is 338 Å². The highest BCUT2D eigenvalue weighted by Gasteiger charge is 2.48. The van der Waals surface area contributed by atoms with Crippen LogP contribution in [0.25, 0.3) is 11.2 Å². The van der Waals surface area contributed by atoms with Crippen molar-refractivity contribution >= 4 is 38.5 Å². The van der Waals surface area contributed by atoms with Crippen molar-refractivity contribution in [2.24, 2.45) is 5.73 Å². The Labute approximate surface area is 272 Å². The molecule has 24 heteroatoms. The van der Waals surface area contributed by atoms with Crippen LogP contribution in [0.1, 0.15) is 26.0 Å². The number of anilines is 1. The maximum atomic E-state index is 12.4. The van der Waals surface area contributed by atoms with Crippen LogP contribution in [0.3, 0.4) is 0 Å². The smallest absolute Gasteiger partial charge is 0.396 e. The number of rotatable bonds is 12. The second kappa shape index (κ2) is 15.7. The summed E-state index contributed by atoms with van der Waals surface area (Å²) in [6.45, 7) is 0.465. The number of aromatic nitrogens is 4. The molecule has 0 saturated carbocycles. The molecule has 2 fully saturated rings. The second-order valence-corrected chi connectivity index (χ2v) is 13.6. The Morgan fingerprint density at radius 2 is 1.54 bits per heavy atom. The van der Waals surface area contributed by atoms with E-state index in [9.17, 15) is 44.1 Å². The van der Waals surface area contributed by atoms with Crippen molar-refractivity contribution in [3.05, 3.63) is 36.7 Å². The molecule has 0 aromatic carbocycles. The summed E-state index contributed by atoms with van der Waals surface area (Å²) in [6.07, 6.45) is -4.00. The molecule has 0 spiro atoms. The van der Waals surface area contributed by atoms with Crippen LogP contribution < -0.4 is 11.5 Å². The maximum Gasteiger partial charge on any atom is 0.481 e. The Morgan fingerprint density at radius 3 is 2.10 bits per heavy atom. The van der Waals surface area contributed by atoms with E-state index in [1.54, 1.807) is 6.08 Å². The summed E-state index contributed by atoms with van der Waals surface area (Å²) in [5.74, 6) is -0.658. The minimum atomic E-state index is -5.37. The molecule has 3 aliphatic rings. The number of primary amides is 1. The van der Waals surface area contributed by atoms with Gasteiger partial charge < -0.3 is 61.2 Å². The third-order valence-electron chi connectivity index (χ3n) is 7.10. The summed E-state index contributed by atoms with van der Waals surface area (Å²) >= 11 is 0. The molecule has 2 unspecified atom stereocenters. The van der Waals surface area contributed by atoms with Gasteiger partial charge in [-0.05, 0) is 12.8 Å². The van der Waals surface area contributed by atoms with Crippen molar-refractivity contribution in [2.75, 3.05) is 25.6 Å². The number of carbonyl (C=O) groups excluding carboxylic acids is 1. The van der Waals surface area contributed by atoms with Gasteiger partial charge in [0.05, 0.1) is 19.5 Å². The number of imidazole rings is 1. The normalized spacial score (nSPS) is 31.2. The number of hydrogen-bond acceptors (Lipinski definition) is 18. The first-order valence-electron chi connectivity index (χ1n) is 14.3. The summed E-state index contributed by atoms with van der Waals surface area (Å²) in [5, 5.41) is 49.5. The van der Waals surface area contributed by atoms with Gasteiger partial charge in [-0.1, -0.05) is 13.0 Å². The standard InChI is InChI=1S/C21H29N7O14P2.C3H8O/c22-17-12-19(25-7-24-17)28(8-26-12)21-16(32)14(30)11(41-21)6-39-44(36,37)42-43(34,35)38-5-10-13(29)15(31)20(40-10)27-3-1-2-9(4-27)18(23)33;1-2-3-4/h1,3-4,7-8,10-11,13-16,20-21,29-32H,2,5-6H2,(H2,23,33)(H,34,35)(H,36,37)(H2,22,24,25);4H,2-3H2,1H3/t10-,11-,13-,14-,15-,16-,20-,21-;/m1./s1. The number of ether oxygens (including phenoxy) is 2. The van der Waals surface area contributed by atoms with E-state index in [2.05, 4.69) is 19.3 Å². The number of carbonyl (C=O) groups is 1. The van der Waals surface area contributed by atoms with E-state index >= 15 is 0 Å². The number of aliphatic hydroxyl groups excluding tert-OH is 5. The Kier molecular flexibility index (Phi) is 12.4. The number of nitrogens with two attached hydrogens (primary N) is 2. The molecule has 268 valence electrons. The molecule has 0 radical (unpaired) electrons. The predicted octanol–water partition coefficient (Wildman–Crippen LogP) is -2.30. The van der Waals surface area contributed by atoms with E-state index in [1.165, 1.54) is 28.2 Å². The zero-order valence-electron chi connectivity index (χ0n) is 25.2. The Bertz CT molecular complexity index is 1590. The van der Waals surface area contributed by atoms with Crippen molar-refractivity contribution in [3.63, 3.8) is 0 Å². The van der Waals surface area contributed by atoms with Crippen LogP contribution in [0.2, 0.25) is 0 Å². The largest absolute Gasteiger partial charge is 0.481 e. The lowest BCUT2D eigenvalue weighted by molar-refractivity contribution is -0.115. The van der Waals surface area contributed by atoms with Crippen molar-refractivity contribution in [3.8, 4) is 0 Å². The molecule has 5 heterocycles. The first kappa shape index (κ1) is 37.9. The van der Waals surface area contributed by atoms with Crippen LogP contribution in [0, 0.1) is 0 Å². The van der Waals surface area contributed by atoms with Gasteiger partial charge in [-0.2, -0.15) is 4.31 Å². The molecular formula is C24H37N7O15P2. The lowest BCUT2D eigenvalue weighted by Gasteiger charge is -2.28. The van der Waals surface area contributed by atoms with Crippen LogP contribution in [-0.2, 0) is 36.8 Å². The number of allylic oxidation sites excluding steroid dienone is 1. The van der Waals surface area contributed by atoms with E-state index in [0.717, 1.165) is 12.7 Å². The van der Waals surface area contributed by atoms with Crippen molar-refractivity contribution in [1.82, 2.24) is 24.4 Å². The quantitative estimate of drug-likeness (QED) is 0.104. The number of nitrogen functional groups attached to an aromatic ring is 1. The number of amides is 1. The molecule has 11 N–H and O–H groups in total. The lowest BCUT2D eigenvalue weighted by Crippen LogP contribution is -2.40. The number of nitrogens with zero attached hydrogens (tertiary/aromatic N) is 5. The average Bonchev–Trinajstić information content (AvgIpc) is 3.69. The average molecular weight is 726 g/mol. The highest BCUT2D eigenvalue weighted by molar-refractivity contribution is 7.61. The molecule has 48 heavy (non-hydrogen) atoms. The highest BCUT2D eigenvalue weighted by Crippen LogP contribution is 2.60. The van der Waals surface area contributed by atoms with Gasteiger partial charge in [-0.15, -0.1) is 0 Å². The van der Waals surface area contributed by atoms with Gasteiger partial charge in [0.25, 0.3) is 0 Å². The maximum absolute atomic E-state index is 12.4. The third-order valence-corrected chi connectivity index (χ3v) is 9.70. The molecule has 0 aliphatic carbocycles. The van der Waals surface area contributed by atoms with Crippen LogP contribution in [0.5, 0.6) is 0 Å². The molecule has 2 aromatic heterocycles. The van der Waals surface area contributed by atoms with Crippen LogP contribution in [0.4, 0.5) is 5.82 Å². The summed E-state index contributed by atoms with van der Waals surface area (Å²) in [7, 11) is -10.7. The first-order chi connectivity index (χ1) is 22.6. The number of phosphoric acid groups is 2. The summed E-state index contributed by atoms with van der Waals surface area (Å²) in [6, 6.07) is 0. The van der Waals surface area contributed by atoms with E-state index in [1.807, 2.05) is 6.92 Å². The fourth-order valence-electron chi connectivity index (χ4n) is 4.68. The van der Waals surface area contributed by atoms with E-state index in [4.69, 9.17) is 35.1 Å². The Hall–Kier alpha value is -2.92. The van der Waals surface area contributed by atoms with Crippen molar-refractivity contribution < 1.29 is 72.1 Å². The Morgan fingerprint density at radius 1 is 0.979 bits per heavy atom. The number of fused-ring (bicyclic) bond motifs is 1. The summed E-state index contributed by atoms with van der Waals surface area (Å²) in [5.41, 5.74) is 11.6. The molecule has 0 bridgehead atoms. The third kappa shape index (κ3) is 8.80. The highest BCUT2D eigenvalue weighted by atomic mass is 31.3. The lowest BCUT2D eigenvalue weighted by atomic mass is 10.1. The minimum absolute atomic E-state index is 0.0517. The molecular weight excluding hydrogens is 688 g/mol. The number of aliphatic hydroxyl groups is 5. The van der Waals surface area contributed by atoms with E-state index in [0.29, 0.717) is 6.61 Å². The number of phosphoric ester groups is 2. The van der Waals surface area contributed by atoms with Crippen LogP contribution in [-0.4, -0.2) is 128 Å². The van der Waals surface area contributed by atoms with Gasteiger partial charge in [0.2, 0.25) is 5.91 Å². The number of hydrogen-bond donors (Lipinski definition) is 9. The SMILES string of the molecule is CCCO.NC(=O)C1=CN([C@@H]2O[C@H](COP(=O)(O)OP(=O)(O)OC[C@H]3O[C@@H](n4cnc5c(N)ncnc54)[C@H](O)[C@@H]3O)[C@@H](O)[C@H]2O)C=CC1. The fraction of sp³-hybridized carbons (Fsp3) is 0.583. The first-order valence-corrected chi connectivity index (χ1v) is 17.3. The molecule has 2 saturated heterocycles. The molecule has 22 nitrogen and oxygen atoms in total. The summed E-state index contributed by atoms with van der Waals surface area (Å²) in [4.78, 5) is 44.6. The van der Waals surface area contributed by atoms with Crippen molar-refractivity contribution in [2.45, 2.75) is 68.8 Å². The monoisotopic (exact) mass is 725 g/mol. The van der Waals surface area contributed by atoms with E-state index < -0.39 is 83.8 Å². The minimum Gasteiger partial charge on any atom is -0.396 e. The Balaban J connectivity index is 0.00000123. The van der Waals surface area contributed by atoms with Gasteiger partial charge >= 0.3 is 15.6 Å². The predicted molar refractivity (Wildman–Crippen MR) is 159 cm³/mol. The van der Waals surface area contributed by atoms with Gasteiger partial charge in [0.15, 0.2) is 23.9 Å².